The topological polar surface area (TPSA) is 103 Å². The lowest BCUT2D eigenvalue weighted by Gasteiger charge is -2.39. The Labute approximate surface area is 175 Å². The summed E-state index contributed by atoms with van der Waals surface area (Å²) in [6.45, 7) is 13.5. The molecule has 1 aromatic carbocycles. The monoisotopic (exact) mass is 402 g/mol. The highest BCUT2D eigenvalue weighted by Crippen LogP contribution is 2.46. The number of benzene rings is 1. The highest BCUT2D eigenvalue weighted by atomic mass is 16.1. The summed E-state index contributed by atoms with van der Waals surface area (Å²) in [4.78, 5) is 15.6. The van der Waals surface area contributed by atoms with Crippen molar-refractivity contribution in [2.24, 2.45) is 16.9 Å². The predicted octanol–water partition coefficient (Wildman–Crippen LogP) is 3.97. The molecule has 1 aliphatic rings. The van der Waals surface area contributed by atoms with Crippen molar-refractivity contribution < 1.29 is 4.79 Å². The molecule has 7 heteroatoms. The number of anilines is 1. The first-order valence-corrected chi connectivity index (χ1v) is 9.98. The minimum Gasteiger partial charge on any atom is -0.379 e. The fourth-order valence-corrected chi connectivity index (χ4v) is 4.23. The Hall–Kier alpha value is -3.37. The Morgan fingerprint density at radius 2 is 1.97 bits per heavy atom. The largest absolute Gasteiger partial charge is 0.379 e. The number of primary amides is 1. The molecule has 3 aromatic rings. The molecule has 7 nitrogen and oxygen atoms in total. The van der Waals surface area contributed by atoms with Crippen LogP contribution in [0.4, 0.5) is 11.4 Å². The van der Waals surface area contributed by atoms with Gasteiger partial charge >= 0.3 is 0 Å². The Bertz CT molecular complexity index is 1170. The SMILES string of the molecule is [C-]#[N+]c1ccc(-c2cc3c(N[C@@H]4CC[C@](C)(N)C4(C)C)c(C(N)=O)cnn3c2)cc1. The number of rotatable bonds is 4. The van der Waals surface area contributed by atoms with Gasteiger partial charge in [0.15, 0.2) is 5.69 Å². The summed E-state index contributed by atoms with van der Waals surface area (Å²) in [6, 6.07) is 9.46. The van der Waals surface area contributed by atoms with E-state index in [-0.39, 0.29) is 17.0 Å². The third-order valence-electron chi connectivity index (χ3n) is 6.85. The molecule has 0 bridgehead atoms. The second-order valence-corrected chi connectivity index (χ2v) is 8.89. The summed E-state index contributed by atoms with van der Waals surface area (Å²) in [6.07, 6.45) is 5.21. The summed E-state index contributed by atoms with van der Waals surface area (Å²) >= 11 is 0. The van der Waals surface area contributed by atoms with Gasteiger partial charge in [-0.2, -0.15) is 5.10 Å². The smallest absolute Gasteiger partial charge is 0.252 e. The van der Waals surface area contributed by atoms with E-state index >= 15 is 0 Å². The third-order valence-corrected chi connectivity index (χ3v) is 6.85. The van der Waals surface area contributed by atoms with Crippen molar-refractivity contribution in [3.05, 3.63) is 59.7 Å². The van der Waals surface area contributed by atoms with Crippen molar-refractivity contribution in [1.82, 2.24) is 9.61 Å². The van der Waals surface area contributed by atoms with Crippen molar-refractivity contribution in [2.45, 2.75) is 45.2 Å². The fraction of sp³-hybridized carbons (Fsp3) is 0.348. The van der Waals surface area contributed by atoms with Crippen LogP contribution in [0, 0.1) is 12.0 Å². The maximum atomic E-state index is 12.2. The first kappa shape index (κ1) is 19.9. The third kappa shape index (κ3) is 3.10. The number of nitrogens with two attached hydrogens (primary N) is 2. The lowest BCUT2D eigenvalue weighted by Crippen LogP contribution is -2.51. The Balaban J connectivity index is 1.81. The zero-order chi connectivity index (χ0) is 21.7. The van der Waals surface area contributed by atoms with Crippen LogP contribution < -0.4 is 16.8 Å². The number of fused-ring (bicyclic) bond motifs is 1. The standard InChI is InChI=1S/C23H26N6O/c1-22(2)19(9-10-23(22,3)25)28-20-17(21(24)30)12-27-29-13-15(11-18(20)29)14-5-7-16(26-4)8-6-14/h5-8,11-13,19,28H,9-10,25H2,1-3H3,(H2,24,30)/t19-,23+/m1/s1. The molecule has 0 spiro atoms. The van der Waals surface area contributed by atoms with Crippen molar-refractivity contribution >= 4 is 22.8 Å². The van der Waals surface area contributed by atoms with E-state index in [9.17, 15) is 4.79 Å². The van der Waals surface area contributed by atoms with Crippen LogP contribution >= 0.6 is 0 Å². The zero-order valence-corrected chi connectivity index (χ0v) is 17.4. The number of amides is 1. The molecule has 1 saturated carbocycles. The first-order chi connectivity index (χ1) is 14.1. The second kappa shape index (κ2) is 6.85. The van der Waals surface area contributed by atoms with Gasteiger partial charge in [-0.15, -0.1) is 0 Å². The molecule has 2 aromatic heterocycles. The Kier molecular flexibility index (Phi) is 4.55. The zero-order valence-electron chi connectivity index (χ0n) is 17.4. The van der Waals surface area contributed by atoms with Crippen molar-refractivity contribution in [1.29, 1.82) is 0 Å². The molecule has 1 aliphatic carbocycles. The molecule has 154 valence electrons. The summed E-state index contributed by atoms with van der Waals surface area (Å²) < 4.78 is 1.75. The minimum atomic E-state index is -0.525. The number of nitrogens with one attached hydrogen (secondary N) is 1. The predicted molar refractivity (Wildman–Crippen MR) is 118 cm³/mol. The molecule has 0 radical (unpaired) electrons. The van der Waals surface area contributed by atoms with E-state index in [1.807, 2.05) is 24.4 Å². The van der Waals surface area contributed by atoms with Gasteiger partial charge in [0.1, 0.15) is 0 Å². The quantitative estimate of drug-likeness (QED) is 0.575. The minimum absolute atomic E-state index is 0.0908. The van der Waals surface area contributed by atoms with Gasteiger partial charge in [0.05, 0.1) is 29.5 Å². The highest BCUT2D eigenvalue weighted by Gasteiger charge is 2.49. The summed E-state index contributed by atoms with van der Waals surface area (Å²) in [5.41, 5.74) is 16.0. The van der Waals surface area contributed by atoms with Gasteiger partial charge in [0.25, 0.3) is 5.91 Å². The van der Waals surface area contributed by atoms with Crippen LogP contribution in [0.1, 0.15) is 44.0 Å². The molecule has 0 aliphatic heterocycles. The van der Waals surface area contributed by atoms with Crippen molar-refractivity contribution in [3.63, 3.8) is 0 Å². The maximum Gasteiger partial charge on any atom is 0.252 e. The molecule has 2 heterocycles. The van der Waals surface area contributed by atoms with Crippen LogP contribution in [0.25, 0.3) is 21.5 Å². The van der Waals surface area contributed by atoms with E-state index in [1.54, 1.807) is 16.6 Å². The van der Waals surface area contributed by atoms with Crippen molar-refractivity contribution in [3.8, 4) is 11.1 Å². The van der Waals surface area contributed by atoms with E-state index in [1.165, 1.54) is 6.20 Å². The van der Waals surface area contributed by atoms with Gasteiger partial charge in [-0.1, -0.05) is 38.1 Å². The summed E-state index contributed by atoms with van der Waals surface area (Å²) in [7, 11) is 0. The van der Waals surface area contributed by atoms with Crippen LogP contribution in [0.2, 0.25) is 0 Å². The highest BCUT2D eigenvalue weighted by molar-refractivity contribution is 6.02. The van der Waals surface area contributed by atoms with E-state index < -0.39 is 5.91 Å². The summed E-state index contributed by atoms with van der Waals surface area (Å²) in [5, 5.41) is 7.97. The Morgan fingerprint density at radius 3 is 2.53 bits per heavy atom. The number of carbonyl (C=O) groups excluding carboxylic acids is 1. The second-order valence-electron chi connectivity index (χ2n) is 8.89. The number of nitrogens with zero attached hydrogens (tertiary/aromatic N) is 3. The van der Waals surface area contributed by atoms with Gasteiger partial charge in [0.2, 0.25) is 0 Å². The van der Waals surface area contributed by atoms with Gasteiger partial charge in [-0.3, -0.25) is 4.79 Å². The van der Waals surface area contributed by atoms with E-state index in [0.29, 0.717) is 16.9 Å². The number of hydrogen-bond donors (Lipinski definition) is 3. The lowest BCUT2D eigenvalue weighted by molar-refractivity contribution is 0.100. The number of aromatic nitrogens is 2. The number of carbonyl (C=O) groups is 1. The lowest BCUT2D eigenvalue weighted by atomic mass is 9.75. The first-order valence-electron chi connectivity index (χ1n) is 9.98. The van der Waals surface area contributed by atoms with E-state index in [0.717, 1.165) is 29.5 Å². The van der Waals surface area contributed by atoms with Crippen LogP contribution in [0.5, 0.6) is 0 Å². The van der Waals surface area contributed by atoms with Crippen LogP contribution in [-0.2, 0) is 0 Å². The normalized spacial score (nSPS) is 22.7. The Morgan fingerprint density at radius 1 is 1.27 bits per heavy atom. The molecule has 0 unspecified atom stereocenters. The molecule has 5 N–H and O–H groups in total. The average molecular weight is 403 g/mol. The molecule has 2 atom stereocenters. The molecule has 0 saturated heterocycles. The van der Waals surface area contributed by atoms with Crippen LogP contribution in [0.15, 0.2) is 42.7 Å². The molecule has 4 rings (SSSR count). The molecule has 1 fully saturated rings. The summed E-state index contributed by atoms with van der Waals surface area (Å²) in [5.74, 6) is -0.525. The molecular weight excluding hydrogens is 376 g/mol. The molecular formula is C23H26N6O. The maximum absolute atomic E-state index is 12.2. The fourth-order valence-electron chi connectivity index (χ4n) is 4.23. The van der Waals surface area contributed by atoms with E-state index in [4.69, 9.17) is 18.0 Å². The van der Waals surface area contributed by atoms with Crippen LogP contribution in [0.3, 0.4) is 0 Å². The van der Waals surface area contributed by atoms with Crippen LogP contribution in [-0.4, -0.2) is 27.1 Å². The van der Waals surface area contributed by atoms with Gasteiger partial charge in [-0.25, -0.2) is 9.36 Å². The average Bonchev–Trinajstić information content (AvgIpc) is 3.22. The van der Waals surface area contributed by atoms with Gasteiger partial charge in [-0.05, 0) is 31.4 Å². The van der Waals surface area contributed by atoms with Gasteiger partial charge in [0, 0.05) is 28.8 Å². The number of hydrogen-bond acceptors (Lipinski definition) is 4. The molecule has 30 heavy (non-hydrogen) atoms. The van der Waals surface area contributed by atoms with E-state index in [2.05, 4.69) is 36.0 Å². The molecule has 1 amide bonds. The van der Waals surface area contributed by atoms with Gasteiger partial charge < -0.3 is 16.8 Å². The van der Waals surface area contributed by atoms with Crippen molar-refractivity contribution in [2.75, 3.05) is 5.32 Å².